The van der Waals surface area contributed by atoms with Crippen molar-refractivity contribution in [2.75, 3.05) is 6.54 Å². The normalized spacial score (nSPS) is 18.7. The van der Waals surface area contributed by atoms with Crippen molar-refractivity contribution in [2.24, 2.45) is 11.7 Å². The molecule has 0 radical (unpaired) electrons. The van der Waals surface area contributed by atoms with Crippen LogP contribution in [0.3, 0.4) is 0 Å². The van der Waals surface area contributed by atoms with Crippen LogP contribution in [0.2, 0.25) is 0 Å². The number of rotatable bonds is 3. The van der Waals surface area contributed by atoms with Gasteiger partial charge in [-0.15, -0.1) is 0 Å². The van der Waals surface area contributed by atoms with Crippen LogP contribution in [0, 0.1) is 5.92 Å². The number of allylic oxidation sites excluding steroid dienone is 1. The molecule has 0 unspecified atom stereocenters. The summed E-state index contributed by atoms with van der Waals surface area (Å²) in [5.41, 5.74) is 8.81. The predicted octanol–water partition coefficient (Wildman–Crippen LogP) is 3.25. The zero-order chi connectivity index (χ0) is 9.68. The van der Waals surface area contributed by atoms with E-state index in [9.17, 15) is 0 Å². The molecular weight excluding hydrogens is 158 g/mol. The smallest absolute Gasteiger partial charge is 0.00397 e. The molecule has 76 valence electrons. The second-order valence-electron chi connectivity index (χ2n) is 4.40. The lowest BCUT2D eigenvalue weighted by Crippen LogP contribution is -2.13. The molecule has 1 fully saturated rings. The van der Waals surface area contributed by atoms with E-state index in [0.29, 0.717) is 0 Å². The molecule has 0 aromatic rings. The molecule has 2 N–H and O–H groups in total. The van der Waals surface area contributed by atoms with Crippen molar-refractivity contribution in [1.29, 1.82) is 0 Å². The molecule has 13 heavy (non-hydrogen) atoms. The molecule has 1 saturated carbocycles. The summed E-state index contributed by atoms with van der Waals surface area (Å²) < 4.78 is 0. The molecule has 1 aliphatic rings. The van der Waals surface area contributed by atoms with Crippen molar-refractivity contribution in [3.63, 3.8) is 0 Å². The monoisotopic (exact) mass is 181 g/mol. The summed E-state index contributed by atoms with van der Waals surface area (Å²) in [4.78, 5) is 0. The molecule has 0 heterocycles. The molecule has 0 aromatic carbocycles. The van der Waals surface area contributed by atoms with Gasteiger partial charge in [-0.3, -0.25) is 0 Å². The van der Waals surface area contributed by atoms with Crippen molar-refractivity contribution in [2.45, 2.75) is 52.4 Å². The van der Waals surface area contributed by atoms with E-state index in [1.54, 1.807) is 5.57 Å². The molecule has 0 aromatic heterocycles. The highest BCUT2D eigenvalue weighted by atomic mass is 14.5. The van der Waals surface area contributed by atoms with E-state index in [1.807, 2.05) is 0 Å². The first-order valence-corrected chi connectivity index (χ1v) is 5.62. The third kappa shape index (κ3) is 3.15. The van der Waals surface area contributed by atoms with Gasteiger partial charge in [0.15, 0.2) is 0 Å². The molecule has 1 nitrogen and oxygen atoms in total. The highest BCUT2D eigenvalue weighted by Gasteiger charge is 2.17. The molecule has 0 atom stereocenters. The fourth-order valence-electron chi connectivity index (χ4n) is 2.47. The van der Waals surface area contributed by atoms with Crippen LogP contribution < -0.4 is 5.73 Å². The highest BCUT2D eigenvalue weighted by Crippen LogP contribution is 2.32. The van der Waals surface area contributed by atoms with Crippen LogP contribution >= 0.6 is 0 Å². The molecule has 1 rings (SSSR count). The summed E-state index contributed by atoms with van der Waals surface area (Å²) in [5.74, 6) is 0.863. The van der Waals surface area contributed by atoms with E-state index < -0.39 is 0 Å². The van der Waals surface area contributed by atoms with Gasteiger partial charge in [0, 0.05) is 0 Å². The van der Waals surface area contributed by atoms with Crippen molar-refractivity contribution in [3.8, 4) is 0 Å². The van der Waals surface area contributed by atoms with Crippen LogP contribution in [0.15, 0.2) is 11.1 Å². The van der Waals surface area contributed by atoms with Gasteiger partial charge in [-0.05, 0) is 45.6 Å². The Kier molecular flexibility index (Phi) is 4.51. The van der Waals surface area contributed by atoms with Gasteiger partial charge < -0.3 is 5.73 Å². The van der Waals surface area contributed by atoms with Crippen molar-refractivity contribution in [3.05, 3.63) is 11.1 Å². The first kappa shape index (κ1) is 10.8. The maximum atomic E-state index is 5.64. The minimum Gasteiger partial charge on any atom is -0.330 e. The Bertz CT molecular complexity index is 172. The van der Waals surface area contributed by atoms with Gasteiger partial charge in [-0.25, -0.2) is 0 Å². The fraction of sp³-hybridized carbons (Fsp3) is 0.833. The number of nitrogens with two attached hydrogens (primary N) is 1. The van der Waals surface area contributed by atoms with Crippen LogP contribution in [0.25, 0.3) is 0 Å². The van der Waals surface area contributed by atoms with Gasteiger partial charge in [-0.1, -0.05) is 30.4 Å². The number of hydrogen-bond donors (Lipinski definition) is 1. The lowest BCUT2D eigenvalue weighted by atomic mass is 9.81. The Labute approximate surface area is 82.4 Å². The van der Waals surface area contributed by atoms with E-state index in [-0.39, 0.29) is 0 Å². The third-order valence-corrected chi connectivity index (χ3v) is 3.15. The Morgan fingerprint density at radius 1 is 1.15 bits per heavy atom. The van der Waals surface area contributed by atoms with Gasteiger partial charge >= 0.3 is 0 Å². The lowest BCUT2D eigenvalue weighted by molar-refractivity contribution is 0.393. The topological polar surface area (TPSA) is 26.0 Å². The molecule has 1 aliphatic carbocycles. The van der Waals surface area contributed by atoms with E-state index in [2.05, 4.69) is 13.8 Å². The lowest BCUT2D eigenvalue weighted by Gasteiger charge is -2.25. The van der Waals surface area contributed by atoms with Gasteiger partial charge in [0.05, 0.1) is 0 Å². The fourth-order valence-corrected chi connectivity index (χ4v) is 2.47. The van der Waals surface area contributed by atoms with Crippen molar-refractivity contribution in [1.82, 2.24) is 0 Å². The molecule has 0 bridgehead atoms. The maximum Gasteiger partial charge on any atom is -0.00397 e. The molecule has 0 saturated heterocycles. The molecule has 0 spiro atoms. The Balaban J connectivity index is 2.58. The summed E-state index contributed by atoms with van der Waals surface area (Å²) in [6.45, 7) is 5.29. The second kappa shape index (κ2) is 5.43. The van der Waals surface area contributed by atoms with Crippen molar-refractivity contribution >= 4 is 0 Å². The van der Waals surface area contributed by atoms with Crippen LogP contribution in [-0.2, 0) is 0 Å². The van der Waals surface area contributed by atoms with Gasteiger partial charge in [0.2, 0.25) is 0 Å². The average Bonchev–Trinajstić information content (AvgIpc) is 2.15. The molecule has 0 aliphatic heterocycles. The summed E-state index contributed by atoms with van der Waals surface area (Å²) in [6, 6.07) is 0. The van der Waals surface area contributed by atoms with Crippen LogP contribution in [0.1, 0.15) is 52.4 Å². The second-order valence-corrected chi connectivity index (χ2v) is 4.40. The zero-order valence-corrected chi connectivity index (χ0v) is 9.10. The minimum absolute atomic E-state index is 0.816. The SMILES string of the molecule is CC(C)=C(CCN)C1CCCCC1. The van der Waals surface area contributed by atoms with Crippen LogP contribution in [0.4, 0.5) is 0 Å². The Morgan fingerprint density at radius 3 is 2.23 bits per heavy atom. The van der Waals surface area contributed by atoms with E-state index >= 15 is 0 Å². The molecular formula is C12H23N. The maximum absolute atomic E-state index is 5.64. The number of hydrogen-bond acceptors (Lipinski definition) is 1. The highest BCUT2D eigenvalue weighted by molar-refractivity contribution is 5.14. The summed E-state index contributed by atoms with van der Waals surface area (Å²) in [7, 11) is 0. The molecule has 0 amide bonds. The predicted molar refractivity (Wildman–Crippen MR) is 58.6 cm³/mol. The van der Waals surface area contributed by atoms with Crippen LogP contribution in [0.5, 0.6) is 0 Å². The van der Waals surface area contributed by atoms with Gasteiger partial charge in [0.25, 0.3) is 0 Å². The zero-order valence-electron chi connectivity index (χ0n) is 9.10. The Hall–Kier alpha value is -0.300. The van der Waals surface area contributed by atoms with E-state index in [0.717, 1.165) is 18.9 Å². The quantitative estimate of drug-likeness (QED) is 0.664. The average molecular weight is 181 g/mol. The third-order valence-electron chi connectivity index (χ3n) is 3.15. The van der Waals surface area contributed by atoms with E-state index in [1.165, 1.54) is 37.7 Å². The minimum atomic E-state index is 0.816. The standard InChI is InChI=1S/C12H23N/c1-10(2)12(8-9-13)11-6-4-3-5-7-11/h11H,3-9,13H2,1-2H3. The van der Waals surface area contributed by atoms with E-state index in [4.69, 9.17) is 5.73 Å². The van der Waals surface area contributed by atoms with Gasteiger partial charge in [-0.2, -0.15) is 0 Å². The largest absolute Gasteiger partial charge is 0.330 e. The summed E-state index contributed by atoms with van der Waals surface area (Å²) in [5, 5.41) is 0. The first-order chi connectivity index (χ1) is 6.25. The van der Waals surface area contributed by atoms with Crippen LogP contribution in [-0.4, -0.2) is 6.54 Å². The first-order valence-electron chi connectivity index (χ1n) is 5.62. The van der Waals surface area contributed by atoms with Crippen molar-refractivity contribution < 1.29 is 0 Å². The summed E-state index contributed by atoms with van der Waals surface area (Å²) in [6.07, 6.45) is 8.21. The van der Waals surface area contributed by atoms with Gasteiger partial charge in [0.1, 0.15) is 0 Å². The summed E-state index contributed by atoms with van der Waals surface area (Å²) >= 11 is 0. The Morgan fingerprint density at radius 2 is 1.77 bits per heavy atom. The molecule has 1 heteroatoms.